The number of anilines is 1. The number of fused-ring (bicyclic) bond motifs is 1. The highest BCUT2D eigenvalue weighted by atomic mass is 19.4. The predicted molar refractivity (Wildman–Crippen MR) is 107 cm³/mol. The molecule has 2 N–H and O–H groups in total. The molecule has 0 atom stereocenters. The average molecular weight is 447 g/mol. The van der Waals surface area contributed by atoms with Gasteiger partial charge in [0.1, 0.15) is 16.9 Å². The quantitative estimate of drug-likeness (QED) is 0.645. The maximum absolute atomic E-state index is 12.8. The number of nitrogens with zero attached hydrogens (tertiary/aromatic N) is 5. The Morgan fingerprint density at radius 1 is 1.22 bits per heavy atom. The van der Waals surface area contributed by atoms with Gasteiger partial charge in [-0.25, -0.2) is 9.31 Å². The van der Waals surface area contributed by atoms with Gasteiger partial charge in [-0.2, -0.15) is 18.3 Å². The van der Waals surface area contributed by atoms with E-state index in [1.54, 1.807) is 21.8 Å². The van der Waals surface area contributed by atoms with Gasteiger partial charge >= 0.3 is 12.2 Å². The van der Waals surface area contributed by atoms with Crippen LogP contribution in [0.4, 0.5) is 23.7 Å². The van der Waals surface area contributed by atoms with Crippen LogP contribution in [0.3, 0.4) is 0 Å². The molecule has 1 aliphatic heterocycles. The molecule has 1 spiro atoms. The average Bonchev–Trinajstić information content (AvgIpc) is 3.25. The van der Waals surface area contributed by atoms with Crippen molar-refractivity contribution in [3.8, 4) is 0 Å². The second-order valence-corrected chi connectivity index (χ2v) is 8.53. The van der Waals surface area contributed by atoms with Crippen molar-refractivity contribution in [3.05, 3.63) is 48.2 Å². The molecule has 0 bridgehead atoms. The van der Waals surface area contributed by atoms with E-state index in [2.05, 4.69) is 20.7 Å². The zero-order valence-corrected chi connectivity index (χ0v) is 17.1. The highest BCUT2D eigenvalue weighted by Gasteiger charge is 2.54. The molecule has 2 fully saturated rings. The lowest BCUT2D eigenvalue weighted by molar-refractivity contribution is -0.141. The summed E-state index contributed by atoms with van der Waals surface area (Å²) < 4.78 is 41.7. The van der Waals surface area contributed by atoms with Gasteiger partial charge in [-0.05, 0) is 25.0 Å². The van der Waals surface area contributed by atoms with Gasteiger partial charge in [0.15, 0.2) is 0 Å². The van der Waals surface area contributed by atoms with Crippen molar-refractivity contribution in [2.75, 3.05) is 18.4 Å². The van der Waals surface area contributed by atoms with E-state index in [0.29, 0.717) is 31.5 Å². The van der Waals surface area contributed by atoms with E-state index in [1.165, 1.54) is 6.07 Å². The first-order valence-corrected chi connectivity index (χ1v) is 10.0. The maximum Gasteiger partial charge on any atom is 0.433 e. The third-order valence-electron chi connectivity index (χ3n) is 6.11. The Balaban J connectivity index is 1.12. The van der Waals surface area contributed by atoms with Crippen LogP contribution in [-0.4, -0.2) is 55.1 Å². The molecule has 0 unspecified atom stereocenters. The summed E-state index contributed by atoms with van der Waals surface area (Å²) in [6.45, 7) is 1.21. The first-order valence-electron chi connectivity index (χ1n) is 10.0. The summed E-state index contributed by atoms with van der Waals surface area (Å²) in [6.07, 6.45) is 3.03. The van der Waals surface area contributed by atoms with Crippen molar-refractivity contribution in [2.45, 2.75) is 25.1 Å². The number of alkyl halides is 3. The molecule has 9 nitrogen and oxygen atoms in total. The summed E-state index contributed by atoms with van der Waals surface area (Å²) >= 11 is 0. The van der Waals surface area contributed by atoms with Crippen LogP contribution in [-0.2, 0) is 13.2 Å². The number of nitrogens with one attached hydrogen (secondary N) is 2. The van der Waals surface area contributed by atoms with Gasteiger partial charge in [-0.3, -0.25) is 9.78 Å². The number of aryl methyl sites for hydroxylation is 1. The fourth-order valence-electron chi connectivity index (χ4n) is 4.64. The minimum absolute atomic E-state index is 0.0196. The predicted octanol–water partition coefficient (Wildman–Crippen LogP) is 2.51. The van der Waals surface area contributed by atoms with Crippen LogP contribution >= 0.6 is 0 Å². The largest absolute Gasteiger partial charge is 0.433 e. The first-order chi connectivity index (χ1) is 15.1. The lowest BCUT2D eigenvalue weighted by Crippen LogP contribution is -2.67. The molecule has 168 valence electrons. The Kier molecular flexibility index (Phi) is 4.43. The molecular weight excluding hydrogens is 427 g/mol. The number of likely N-dealkylation sites (tertiary alicyclic amines) is 1. The van der Waals surface area contributed by atoms with Gasteiger partial charge in [0.2, 0.25) is 0 Å². The topological polar surface area (TPSA) is 96.6 Å². The normalized spacial score (nSPS) is 17.8. The van der Waals surface area contributed by atoms with Gasteiger partial charge in [-0.15, -0.1) is 0 Å². The minimum Gasteiger partial charge on any atom is -0.337 e. The number of carbonyl (C=O) groups is 2. The number of hydrogen-bond donors (Lipinski definition) is 2. The number of aromatic nitrogens is 4. The first kappa shape index (κ1) is 20.3. The van der Waals surface area contributed by atoms with E-state index in [0.717, 1.165) is 17.9 Å². The van der Waals surface area contributed by atoms with Crippen molar-refractivity contribution < 1.29 is 22.8 Å². The Morgan fingerprint density at radius 3 is 2.69 bits per heavy atom. The fraction of sp³-hybridized carbons (Fsp3) is 0.400. The molecule has 1 aliphatic carbocycles. The molecular formula is C20H20F3N7O2. The van der Waals surface area contributed by atoms with Crippen LogP contribution in [0.1, 0.15) is 28.9 Å². The van der Waals surface area contributed by atoms with Gasteiger partial charge in [-0.1, -0.05) is 0 Å². The molecule has 12 heteroatoms. The lowest BCUT2D eigenvalue weighted by atomic mass is 9.60. The van der Waals surface area contributed by atoms with E-state index in [4.69, 9.17) is 0 Å². The summed E-state index contributed by atoms with van der Waals surface area (Å²) in [5.74, 6) is -0.0697. The van der Waals surface area contributed by atoms with Crippen molar-refractivity contribution in [1.82, 2.24) is 29.4 Å². The van der Waals surface area contributed by atoms with E-state index in [9.17, 15) is 22.8 Å². The van der Waals surface area contributed by atoms with Crippen molar-refractivity contribution in [1.29, 1.82) is 0 Å². The summed E-state index contributed by atoms with van der Waals surface area (Å²) in [6, 6.07) is 1.43. The van der Waals surface area contributed by atoms with Crippen LogP contribution in [0.25, 0.3) is 5.65 Å². The minimum atomic E-state index is -4.58. The highest BCUT2D eigenvalue weighted by Crippen LogP contribution is 2.48. The fourth-order valence-corrected chi connectivity index (χ4v) is 4.64. The standard InChI is InChI=1S/C20H20F3N7O2/c1-28-4-5-30-16(28)14(9-25-30)17(31)29-10-19(11-29)7-13(8-19)27-18(32)26-12-2-3-24-15(6-12)20(21,22)23/h2-6,9,13H,7-8,10-11H2,1H3,(H2,24,26,27,32). The molecule has 1 saturated carbocycles. The van der Waals surface area contributed by atoms with Crippen LogP contribution in [0, 0.1) is 5.41 Å². The number of amides is 3. The molecule has 3 aromatic rings. The Bertz CT molecular complexity index is 1200. The van der Waals surface area contributed by atoms with Gasteiger partial charge < -0.3 is 20.1 Å². The molecule has 3 amide bonds. The van der Waals surface area contributed by atoms with Crippen molar-refractivity contribution >= 4 is 23.3 Å². The van der Waals surface area contributed by atoms with Crippen LogP contribution in [0.2, 0.25) is 0 Å². The van der Waals surface area contributed by atoms with E-state index >= 15 is 0 Å². The highest BCUT2D eigenvalue weighted by molar-refractivity contribution is 6.00. The number of rotatable bonds is 3. The third-order valence-corrected chi connectivity index (χ3v) is 6.11. The number of urea groups is 1. The second-order valence-electron chi connectivity index (χ2n) is 8.53. The lowest BCUT2D eigenvalue weighted by Gasteiger charge is -2.58. The SMILES string of the molecule is Cn1ccn2ncc(C(=O)N3CC4(CC(NC(=O)Nc5ccnc(C(F)(F)F)c5)C4)C3)c12. The molecule has 32 heavy (non-hydrogen) atoms. The summed E-state index contributed by atoms with van der Waals surface area (Å²) in [7, 11) is 1.86. The van der Waals surface area contributed by atoms with Crippen molar-refractivity contribution in [3.63, 3.8) is 0 Å². The Hall–Kier alpha value is -3.57. The van der Waals surface area contributed by atoms with E-state index < -0.39 is 17.9 Å². The van der Waals surface area contributed by atoms with Gasteiger partial charge in [0.05, 0.1) is 6.20 Å². The van der Waals surface area contributed by atoms with Crippen molar-refractivity contribution in [2.24, 2.45) is 12.5 Å². The van der Waals surface area contributed by atoms with Gasteiger partial charge in [0, 0.05) is 55.9 Å². The number of imidazole rings is 1. The van der Waals surface area contributed by atoms with E-state index in [-0.39, 0.29) is 23.1 Å². The molecule has 5 rings (SSSR count). The molecule has 2 aliphatic rings. The number of hydrogen-bond acceptors (Lipinski definition) is 4. The smallest absolute Gasteiger partial charge is 0.337 e. The van der Waals surface area contributed by atoms with Gasteiger partial charge in [0.25, 0.3) is 5.91 Å². The zero-order chi connectivity index (χ0) is 22.7. The number of carbonyl (C=O) groups excluding carboxylic acids is 2. The molecule has 0 aromatic carbocycles. The summed E-state index contributed by atoms with van der Waals surface area (Å²) in [5.41, 5.74) is 0.228. The molecule has 4 heterocycles. The third kappa shape index (κ3) is 3.45. The van der Waals surface area contributed by atoms with E-state index in [1.807, 2.05) is 17.8 Å². The molecule has 3 aromatic heterocycles. The molecule has 1 saturated heterocycles. The number of halogens is 3. The van der Waals surface area contributed by atoms with Crippen LogP contribution < -0.4 is 10.6 Å². The molecule has 0 radical (unpaired) electrons. The summed E-state index contributed by atoms with van der Waals surface area (Å²) in [5, 5.41) is 9.39. The second kappa shape index (κ2) is 6.97. The summed E-state index contributed by atoms with van der Waals surface area (Å²) in [4.78, 5) is 30.0. The van der Waals surface area contributed by atoms with Crippen LogP contribution in [0.5, 0.6) is 0 Å². The monoisotopic (exact) mass is 447 g/mol. The zero-order valence-electron chi connectivity index (χ0n) is 17.1. The van der Waals surface area contributed by atoms with Crippen LogP contribution in [0.15, 0.2) is 36.9 Å². The maximum atomic E-state index is 12.8. The Labute approximate surface area is 180 Å². The Morgan fingerprint density at radius 2 is 1.97 bits per heavy atom. The number of pyridine rings is 1.